The van der Waals surface area contributed by atoms with Gasteiger partial charge in [0, 0.05) is 43.4 Å². The minimum absolute atomic E-state index is 0.534. The number of hydrogen-bond donors (Lipinski definition) is 0. The number of aromatic nitrogens is 4. The highest BCUT2D eigenvalue weighted by molar-refractivity contribution is 6.27. The second-order valence-electron chi connectivity index (χ2n) is 12.8. The van der Waals surface area contributed by atoms with Crippen molar-refractivity contribution >= 4 is 65.7 Å². The normalized spacial score (nSPS) is 11.9. The van der Waals surface area contributed by atoms with Crippen LogP contribution >= 0.6 is 0 Å². The molecule has 0 saturated carbocycles. The van der Waals surface area contributed by atoms with Crippen LogP contribution in [-0.2, 0) is 0 Å². The topological polar surface area (TPSA) is 69.9 Å². The molecule has 11 aromatic rings. The van der Waals surface area contributed by atoms with Crippen LogP contribution in [0.3, 0.4) is 0 Å². The summed E-state index contributed by atoms with van der Waals surface area (Å²) in [5, 5.41) is 6.35. The van der Waals surface area contributed by atoms with Crippen molar-refractivity contribution in [2.45, 2.75) is 0 Å². The highest BCUT2D eigenvalue weighted by Crippen LogP contribution is 2.42. The largest absolute Gasteiger partial charge is 0.456 e. The summed E-state index contributed by atoms with van der Waals surface area (Å²) in [4.78, 5) is 15.6. The molecule has 0 unspecified atom stereocenters. The third kappa shape index (κ3) is 4.20. The van der Waals surface area contributed by atoms with Crippen LogP contribution in [0.25, 0.3) is 106 Å². The van der Waals surface area contributed by atoms with Gasteiger partial charge in [-0.1, -0.05) is 115 Å². The number of benzene rings is 7. The van der Waals surface area contributed by atoms with E-state index in [4.69, 9.17) is 23.8 Å². The summed E-state index contributed by atoms with van der Waals surface area (Å²) < 4.78 is 14.9. The SMILES string of the molecule is c1ccc(-c2ccc3oc4cccc(-c5nc(-c6ccccc6)nc(-n6c7ccccc7c7c8c(ccc76)oc6ccccc68)n5)c4c3c2)cc1. The van der Waals surface area contributed by atoms with Gasteiger partial charge in [0.25, 0.3) is 0 Å². The van der Waals surface area contributed by atoms with Crippen molar-refractivity contribution in [1.82, 2.24) is 19.5 Å². The Morgan fingerprint density at radius 1 is 0.373 bits per heavy atom. The van der Waals surface area contributed by atoms with Crippen LogP contribution in [0.4, 0.5) is 0 Å². The Morgan fingerprint density at radius 2 is 1.02 bits per heavy atom. The number of para-hydroxylation sites is 2. The fraction of sp³-hybridized carbons (Fsp3) is 0. The first-order valence-electron chi connectivity index (χ1n) is 16.9. The average molecular weight is 655 g/mol. The van der Waals surface area contributed by atoms with E-state index >= 15 is 0 Å². The molecule has 11 rings (SSSR count). The summed E-state index contributed by atoms with van der Waals surface area (Å²) in [5.74, 6) is 1.69. The minimum atomic E-state index is 0.534. The molecular weight excluding hydrogens is 629 g/mol. The second-order valence-corrected chi connectivity index (χ2v) is 12.8. The van der Waals surface area contributed by atoms with Crippen molar-refractivity contribution in [3.63, 3.8) is 0 Å². The van der Waals surface area contributed by atoms with Crippen LogP contribution in [0, 0.1) is 0 Å². The Balaban J connectivity index is 1.22. The molecule has 4 heterocycles. The van der Waals surface area contributed by atoms with E-state index in [2.05, 4.69) is 95.6 Å². The van der Waals surface area contributed by atoms with Gasteiger partial charge in [0.15, 0.2) is 11.6 Å². The Morgan fingerprint density at radius 3 is 1.86 bits per heavy atom. The molecule has 0 bridgehead atoms. The number of hydrogen-bond acceptors (Lipinski definition) is 5. The van der Waals surface area contributed by atoms with Crippen molar-refractivity contribution in [2.24, 2.45) is 0 Å². The van der Waals surface area contributed by atoms with E-state index < -0.39 is 0 Å². The maximum Gasteiger partial charge on any atom is 0.238 e. The molecule has 51 heavy (non-hydrogen) atoms. The zero-order valence-corrected chi connectivity index (χ0v) is 27.1. The fourth-order valence-electron chi connectivity index (χ4n) is 7.61. The quantitative estimate of drug-likeness (QED) is 0.189. The average Bonchev–Trinajstić information content (AvgIpc) is 3.87. The molecule has 6 nitrogen and oxygen atoms in total. The van der Waals surface area contributed by atoms with Crippen LogP contribution in [0.1, 0.15) is 0 Å². The summed E-state index contributed by atoms with van der Waals surface area (Å²) >= 11 is 0. The van der Waals surface area contributed by atoms with Crippen molar-refractivity contribution in [3.8, 4) is 39.9 Å². The molecule has 6 heteroatoms. The van der Waals surface area contributed by atoms with Gasteiger partial charge < -0.3 is 8.83 Å². The predicted molar refractivity (Wildman–Crippen MR) is 205 cm³/mol. The lowest BCUT2D eigenvalue weighted by Gasteiger charge is -2.11. The van der Waals surface area contributed by atoms with Gasteiger partial charge in [-0.05, 0) is 53.6 Å². The van der Waals surface area contributed by atoms with E-state index in [1.165, 1.54) is 0 Å². The Kier molecular flexibility index (Phi) is 5.86. The molecular formula is C45H26N4O2. The lowest BCUT2D eigenvalue weighted by Crippen LogP contribution is -2.06. The molecule has 0 atom stereocenters. The lowest BCUT2D eigenvalue weighted by molar-refractivity contribution is 0.668. The molecule has 238 valence electrons. The van der Waals surface area contributed by atoms with Crippen LogP contribution in [0.2, 0.25) is 0 Å². The van der Waals surface area contributed by atoms with Gasteiger partial charge in [-0.3, -0.25) is 4.57 Å². The maximum atomic E-state index is 6.42. The standard InChI is InChI=1S/C45H26N4O2/c1-3-12-27(13-4-1)29-22-24-37-33(26-29)40-32(18-11-21-38(40)51-37)44-46-43(28-14-5-2-6-15-28)47-45(48-44)49-34-19-9-7-16-30(34)41-35(49)23-25-39-42(41)31-17-8-10-20-36(31)50-39/h1-26H. The number of fused-ring (bicyclic) bond motifs is 10. The van der Waals surface area contributed by atoms with E-state index in [9.17, 15) is 0 Å². The van der Waals surface area contributed by atoms with Crippen molar-refractivity contribution in [3.05, 3.63) is 158 Å². The third-order valence-corrected chi connectivity index (χ3v) is 9.88. The van der Waals surface area contributed by atoms with Crippen LogP contribution < -0.4 is 0 Å². The van der Waals surface area contributed by atoms with E-state index in [1.807, 2.05) is 66.7 Å². The molecule has 0 spiro atoms. The molecule has 4 aromatic heterocycles. The van der Waals surface area contributed by atoms with Gasteiger partial charge in [0.1, 0.15) is 22.3 Å². The lowest BCUT2D eigenvalue weighted by atomic mass is 10.0. The molecule has 0 aliphatic heterocycles. The van der Waals surface area contributed by atoms with Crippen molar-refractivity contribution in [1.29, 1.82) is 0 Å². The van der Waals surface area contributed by atoms with Gasteiger partial charge >= 0.3 is 0 Å². The number of furan rings is 2. The van der Waals surface area contributed by atoms with E-state index in [1.54, 1.807) is 0 Å². The van der Waals surface area contributed by atoms with Crippen molar-refractivity contribution < 1.29 is 8.83 Å². The summed E-state index contributed by atoms with van der Waals surface area (Å²) in [6.45, 7) is 0. The van der Waals surface area contributed by atoms with E-state index in [0.29, 0.717) is 17.6 Å². The van der Waals surface area contributed by atoms with Crippen LogP contribution in [0.15, 0.2) is 167 Å². The van der Waals surface area contributed by atoms with Gasteiger partial charge in [-0.15, -0.1) is 0 Å². The zero-order chi connectivity index (χ0) is 33.5. The Hall–Kier alpha value is -7.05. The van der Waals surface area contributed by atoms with Gasteiger partial charge in [-0.2, -0.15) is 9.97 Å². The molecule has 0 N–H and O–H groups in total. The highest BCUT2D eigenvalue weighted by Gasteiger charge is 2.23. The summed E-state index contributed by atoms with van der Waals surface area (Å²) in [7, 11) is 0. The van der Waals surface area contributed by atoms with E-state index in [-0.39, 0.29) is 0 Å². The van der Waals surface area contributed by atoms with Gasteiger partial charge in [0.05, 0.1) is 11.0 Å². The van der Waals surface area contributed by atoms with Crippen LogP contribution in [-0.4, -0.2) is 19.5 Å². The first-order chi connectivity index (χ1) is 25.3. The Bertz CT molecular complexity index is 3140. The smallest absolute Gasteiger partial charge is 0.238 e. The molecule has 0 amide bonds. The second kappa shape index (κ2) is 10.7. The molecule has 0 radical (unpaired) electrons. The molecule has 0 aliphatic carbocycles. The number of rotatable bonds is 4. The third-order valence-electron chi connectivity index (χ3n) is 9.88. The van der Waals surface area contributed by atoms with Gasteiger partial charge in [-0.25, -0.2) is 4.98 Å². The van der Waals surface area contributed by atoms with E-state index in [0.717, 1.165) is 87.9 Å². The first kappa shape index (κ1) is 27.9. The minimum Gasteiger partial charge on any atom is -0.456 e. The van der Waals surface area contributed by atoms with Crippen LogP contribution in [0.5, 0.6) is 0 Å². The summed E-state index contributed by atoms with van der Waals surface area (Å²) in [5.41, 5.74) is 9.34. The maximum absolute atomic E-state index is 6.42. The highest BCUT2D eigenvalue weighted by atomic mass is 16.3. The molecule has 7 aromatic carbocycles. The predicted octanol–water partition coefficient (Wildman–Crippen LogP) is 11.8. The molecule has 0 aliphatic rings. The van der Waals surface area contributed by atoms with Gasteiger partial charge in [0.2, 0.25) is 5.95 Å². The molecule has 0 fully saturated rings. The summed E-state index contributed by atoms with van der Waals surface area (Å²) in [6, 6.07) is 53.8. The Labute approximate surface area is 290 Å². The number of nitrogens with zero attached hydrogens (tertiary/aromatic N) is 4. The summed E-state index contributed by atoms with van der Waals surface area (Å²) in [6.07, 6.45) is 0. The first-order valence-corrected chi connectivity index (χ1v) is 16.9. The molecule has 0 saturated heterocycles. The van der Waals surface area contributed by atoms with Crippen molar-refractivity contribution in [2.75, 3.05) is 0 Å². The zero-order valence-electron chi connectivity index (χ0n) is 27.1. The fourth-order valence-corrected chi connectivity index (χ4v) is 7.61. The monoisotopic (exact) mass is 654 g/mol.